The lowest BCUT2D eigenvalue weighted by atomic mass is 9.81. The van der Waals surface area contributed by atoms with Crippen LogP contribution in [0.4, 0.5) is 5.69 Å². The van der Waals surface area contributed by atoms with Crippen LogP contribution in [0, 0.1) is 0 Å². The molecule has 0 N–H and O–H groups in total. The molecule has 3 heteroatoms. The Bertz CT molecular complexity index is 3610. The highest BCUT2D eigenvalue weighted by molar-refractivity contribution is 6.24. The molecule has 1 aliphatic rings. The van der Waals surface area contributed by atoms with Gasteiger partial charge in [0, 0.05) is 38.6 Å². The van der Waals surface area contributed by atoms with E-state index in [9.17, 15) is 0 Å². The summed E-state index contributed by atoms with van der Waals surface area (Å²) in [5.74, 6) is 1.07. The first kappa shape index (κ1) is 34.8. The Labute approximate surface area is 349 Å². The van der Waals surface area contributed by atoms with Gasteiger partial charge < -0.3 is 4.57 Å². The molecule has 2 heterocycles. The van der Waals surface area contributed by atoms with Crippen molar-refractivity contribution in [3.8, 4) is 16.8 Å². The van der Waals surface area contributed by atoms with E-state index in [-0.39, 0.29) is 11.3 Å². The highest BCUT2D eigenvalue weighted by Gasteiger charge is 2.35. The number of para-hydroxylation sites is 2. The number of rotatable bonds is 4. The van der Waals surface area contributed by atoms with E-state index < -0.39 is 0 Å². The SMILES string of the molecule is CC(=Nc1ccccc1C(C)c1ccc2c(c1)-c1ccccc1C2(C)C)n1c2cc(-n3c4ccccc4c4cc5ccccc5cc43)ccc2c2c3ccccc3ccc21. The Kier molecular flexibility index (Phi) is 7.47. The van der Waals surface area contributed by atoms with Gasteiger partial charge in [0.25, 0.3) is 0 Å². The summed E-state index contributed by atoms with van der Waals surface area (Å²) in [5.41, 5.74) is 14.8. The second-order valence-corrected chi connectivity index (χ2v) is 17.2. The zero-order chi connectivity index (χ0) is 40.3. The first-order valence-corrected chi connectivity index (χ1v) is 21.1. The Hall–Kier alpha value is -7.23. The molecule has 0 spiro atoms. The highest BCUT2D eigenvalue weighted by Crippen LogP contribution is 2.50. The van der Waals surface area contributed by atoms with Crippen LogP contribution >= 0.6 is 0 Å². The van der Waals surface area contributed by atoms with Crippen LogP contribution in [0.25, 0.3) is 82.0 Å². The molecule has 0 saturated carbocycles. The van der Waals surface area contributed by atoms with Crippen molar-refractivity contribution in [1.29, 1.82) is 0 Å². The standard InChI is InChI=1S/C57H43N3/c1-35(38-25-29-50-47(31-38)44-20-9-12-22-49(44)57(50,3)4)42-18-10-13-23-51(42)58-36(2)59-53-30-26-37-15-7-8-19-43(37)56(53)46-28-27-41(34-55(46)59)60-52-24-14-11-21-45(52)48-32-39-16-5-6-17-40(39)33-54(48)60/h5-35H,1-4H3. The second-order valence-electron chi connectivity index (χ2n) is 17.2. The van der Waals surface area contributed by atoms with Crippen LogP contribution in [-0.4, -0.2) is 15.0 Å². The van der Waals surface area contributed by atoms with Crippen molar-refractivity contribution in [1.82, 2.24) is 9.13 Å². The maximum Gasteiger partial charge on any atom is 0.111 e. The lowest BCUT2D eigenvalue weighted by Gasteiger charge is -2.22. The quantitative estimate of drug-likeness (QED) is 0.126. The molecular weight excluding hydrogens is 727 g/mol. The lowest BCUT2D eigenvalue weighted by molar-refractivity contribution is 0.660. The smallest absolute Gasteiger partial charge is 0.111 e. The summed E-state index contributed by atoms with van der Waals surface area (Å²) < 4.78 is 4.83. The van der Waals surface area contributed by atoms with Gasteiger partial charge in [-0.15, -0.1) is 0 Å². The third-order valence-electron chi connectivity index (χ3n) is 13.6. The van der Waals surface area contributed by atoms with Gasteiger partial charge in [0.2, 0.25) is 0 Å². The van der Waals surface area contributed by atoms with Crippen molar-refractivity contribution in [2.45, 2.75) is 39.0 Å². The number of nitrogens with zero attached hydrogens (tertiary/aromatic N) is 3. The van der Waals surface area contributed by atoms with E-state index in [1.165, 1.54) is 87.5 Å². The van der Waals surface area contributed by atoms with E-state index in [1.807, 2.05) is 0 Å². The van der Waals surface area contributed by atoms with Gasteiger partial charge in [-0.3, -0.25) is 4.57 Å². The first-order chi connectivity index (χ1) is 29.3. The zero-order valence-corrected chi connectivity index (χ0v) is 34.2. The van der Waals surface area contributed by atoms with Gasteiger partial charge in [-0.25, -0.2) is 4.99 Å². The highest BCUT2D eigenvalue weighted by atomic mass is 15.1. The summed E-state index contributed by atoms with van der Waals surface area (Å²) in [6.07, 6.45) is 0. The molecule has 1 atom stereocenters. The molecule has 1 unspecified atom stereocenters. The van der Waals surface area contributed by atoms with E-state index in [4.69, 9.17) is 4.99 Å². The average molecular weight is 770 g/mol. The Morgan fingerprint density at radius 2 is 1.20 bits per heavy atom. The van der Waals surface area contributed by atoms with Crippen LogP contribution in [0.2, 0.25) is 0 Å². The minimum atomic E-state index is -0.0174. The zero-order valence-electron chi connectivity index (χ0n) is 34.2. The van der Waals surface area contributed by atoms with Crippen LogP contribution in [0.5, 0.6) is 0 Å². The summed E-state index contributed by atoms with van der Waals surface area (Å²) in [6.45, 7) is 9.19. The number of benzene rings is 9. The molecule has 286 valence electrons. The fourth-order valence-electron chi connectivity index (χ4n) is 10.6. The van der Waals surface area contributed by atoms with Crippen molar-refractivity contribution < 1.29 is 0 Å². The molecule has 0 aliphatic heterocycles. The van der Waals surface area contributed by atoms with E-state index in [1.54, 1.807) is 0 Å². The number of aromatic nitrogens is 2. The van der Waals surface area contributed by atoms with E-state index >= 15 is 0 Å². The average Bonchev–Trinajstić information content (AvgIpc) is 3.87. The fourth-order valence-corrected chi connectivity index (χ4v) is 10.6. The summed E-state index contributed by atoms with van der Waals surface area (Å²) in [7, 11) is 0. The number of hydrogen-bond donors (Lipinski definition) is 0. The molecule has 0 bridgehead atoms. The minimum Gasteiger partial charge on any atom is -0.309 e. The first-order valence-electron chi connectivity index (χ1n) is 21.1. The summed E-state index contributed by atoms with van der Waals surface area (Å²) in [5, 5.41) is 9.95. The molecule has 0 saturated heterocycles. The van der Waals surface area contributed by atoms with E-state index in [2.05, 4.69) is 219 Å². The maximum atomic E-state index is 5.56. The van der Waals surface area contributed by atoms with E-state index in [0.29, 0.717) is 0 Å². The molecule has 9 aromatic carbocycles. The number of aliphatic imine (C=N–C) groups is 1. The number of hydrogen-bond acceptors (Lipinski definition) is 1. The normalized spacial score (nSPS) is 14.2. The van der Waals surface area contributed by atoms with Crippen LogP contribution in [-0.2, 0) is 5.41 Å². The summed E-state index contributed by atoms with van der Waals surface area (Å²) in [4.78, 5) is 5.56. The van der Waals surface area contributed by atoms with E-state index in [0.717, 1.165) is 28.2 Å². The molecular formula is C57H43N3. The largest absolute Gasteiger partial charge is 0.309 e. The molecule has 1 aliphatic carbocycles. The predicted octanol–water partition coefficient (Wildman–Crippen LogP) is 15.3. The monoisotopic (exact) mass is 769 g/mol. The van der Waals surface area contributed by atoms with Gasteiger partial charge in [0.05, 0.1) is 27.8 Å². The molecule has 3 nitrogen and oxygen atoms in total. The molecule has 12 rings (SSSR count). The molecule has 2 aromatic heterocycles. The van der Waals surface area contributed by atoms with Gasteiger partial charge >= 0.3 is 0 Å². The summed E-state index contributed by atoms with van der Waals surface area (Å²) >= 11 is 0. The van der Waals surface area contributed by atoms with Crippen LogP contribution in [0.1, 0.15) is 55.9 Å². The third kappa shape index (κ3) is 4.99. The lowest BCUT2D eigenvalue weighted by Crippen LogP contribution is -2.14. The van der Waals surface area contributed by atoms with Gasteiger partial charge in [-0.1, -0.05) is 160 Å². The van der Waals surface area contributed by atoms with Crippen LogP contribution < -0.4 is 0 Å². The van der Waals surface area contributed by atoms with Crippen molar-refractivity contribution in [2.75, 3.05) is 0 Å². The minimum absolute atomic E-state index is 0.0174. The molecule has 60 heavy (non-hydrogen) atoms. The van der Waals surface area contributed by atoms with Crippen molar-refractivity contribution >= 4 is 76.7 Å². The summed E-state index contributed by atoms with van der Waals surface area (Å²) in [6, 6.07) is 67.2. The van der Waals surface area contributed by atoms with Crippen molar-refractivity contribution in [2.24, 2.45) is 4.99 Å². The Morgan fingerprint density at radius 1 is 0.500 bits per heavy atom. The molecule has 0 amide bonds. The molecule has 0 fully saturated rings. The van der Waals surface area contributed by atoms with Gasteiger partial charge in [-0.05, 0) is 104 Å². The topological polar surface area (TPSA) is 22.2 Å². The molecule has 0 radical (unpaired) electrons. The third-order valence-corrected chi connectivity index (χ3v) is 13.6. The van der Waals surface area contributed by atoms with Crippen LogP contribution in [0.15, 0.2) is 187 Å². The second kappa shape index (κ2) is 12.9. The predicted molar refractivity (Wildman–Crippen MR) is 255 cm³/mol. The fraction of sp³-hybridized carbons (Fsp3) is 0.105. The number of fused-ring (bicyclic) bond motifs is 12. The Morgan fingerprint density at radius 3 is 2.07 bits per heavy atom. The van der Waals surface area contributed by atoms with Crippen molar-refractivity contribution in [3.05, 3.63) is 204 Å². The van der Waals surface area contributed by atoms with Crippen LogP contribution in [0.3, 0.4) is 0 Å². The Balaban J connectivity index is 1.05. The molecule has 11 aromatic rings. The van der Waals surface area contributed by atoms with Gasteiger partial charge in [0.15, 0.2) is 0 Å². The maximum absolute atomic E-state index is 5.56. The van der Waals surface area contributed by atoms with Gasteiger partial charge in [-0.2, -0.15) is 0 Å². The van der Waals surface area contributed by atoms with Gasteiger partial charge in [0.1, 0.15) is 5.84 Å². The van der Waals surface area contributed by atoms with Crippen molar-refractivity contribution in [3.63, 3.8) is 0 Å².